The van der Waals surface area contributed by atoms with Gasteiger partial charge in [0, 0.05) is 46.5 Å². The number of hydrogen-bond donors (Lipinski definition) is 36. The number of nitrogens with one attached hydrogen (secondary N) is 5. The Hall–Kier alpha value is -6.45. The van der Waals surface area contributed by atoms with Crippen LogP contribution in [-0.4, -0.2) is 546 Å². The SMILES string of the molecule is CC(=O)N[C@H]1[C@H](O[C@@H]2[C@H](O[C@]3(C(=O)O)C[C@H](O)[C@@H](NC(C)=O)[C@H]([C@H](O)[C@@H](CO)O[C@]4(C(=O)O)C[C@H](O)[C@@H](NC(C)=O)[C@H]([C@H](O)[C@@H](CO)O[C@]5(C(=O)O)C[C@H](O)[C@@H](NC(=O)CO)[C@H]([C@H](O)[C@H](O)CO)O5)O4)O3)[C@@H](O)[C@H](O[C@H]3[C@H](O)[C@@H](O)[C@H](O)O[C@@H]3CO)O[C@@H]2CO)O[C@H](CO)[C@H](O)[C@@H]1O[C@@H]1O[C@H](CO)[C@H](O)[C@H](O[C@]2(C(=O)O)C[C@H](O)[C@@H](NC(=O)CO)[C@H]([C@H](O)[C@H](O)CO)O2)[C@H]1O. The molecule has 0 unspecified atom stereocenters. The molecule has 5 amide bonds. The van der Waals surface area contributed by atoms with E-state index in [1.807, 2.05) is 10.6 Å². The van der Waals surface area contributed by atoms with Gasteiger partial charge in [-0.15, -0.1) is 0 Å². The molecule has 8 saturated heterocycles. The van der Waals surface area contributed by atoms with E-state index in [0.29, 0.717) is 0 Å². The predicted molar refractivity (Wildman–Crippen MR) is 394 cm³/mol. The van der Waals surface area contributed by atoms with Crippen LogP contribution in [0.25, 0.3) is 0 Å². The number of hydrogen-bond acceptors (Lipinski definition) is 51. The molecule has 748 valence electrons. The molecule has 0 bridgehead atoms. The van der Waals surface area contributed by atoms with E-state index in [2.05, 4.69) is 16.0 Å². The van der Waals surface area contributed by atoms with Gasteiger partial charge in [-0.05, 0) is 0 Å². The fourth-order valence-corrected chi connectivity index (χ4v) is 16.3. The van der Waals surface area contributed by atoms with Gasteiger partial charge in [0.2, 0.25) is 29.5 Å². The molecule has 8 rings (SSSR count). The Balaban J connectivity index is 1.19. The van der Waals surface area contributed by atoms with Gasteiger partial charge in [-0.25, -0.2) is 19.2 Å². The summed E-state index contributed by atoms with van der Waals surface area (Å²) in [5.74, 6) is -30.4. The van der Waals surface area contributed by atoms with Gasteiger partial charge in [0.25, 0.3) is 23.1 Å². The van der Waals surface area contributed by atoms with Crippen molar-refractivity contribution in [3.8, 4) is 0 Å². The minimum atomic E-state index is -3.91. The Morgan fingerprint density at radius 3 is 1.00 bits per heavy atom. The van der Waals surface area contributed by atoms with Crippen LogP contribution in [0, 0.1) is 0 Å². The molecule has 8 fully saturated rings. The Morgan fingerprint density at radius 1 is 0.331 bits per heavy atom. The highest BCUT2D eigenvalue weighted by Crippen LogP contribution is 2.46. The van der Waals surface area contributed by atoms with Crippen LogP contribution < -0.4 is 26.6 Å². The fourth-order valence-electron chi connectivity index (χ4n) is 16.3. The van der Waals surface area contributed by atoms with Crippen molar-refractivity contribution in [2.45, 2.75) is 314 Å². The summed E-state index contributed by atoms with van der Waals surface area (Å²) < 4.78 is 87.3. The first-order valence-electron chi connectivity index (χ1n) is 40.0. The average molecular weight is 1900 g/mol. The summed E-state index contributed by atoms with van der Waals surface area (Å²) in [5, 5.41) is 355. The van der Waals surface area contributed by atoms with Gasteiger partial charge in [-0.3, -0.25) is 24.0 Å². The molecule has 0 radical (unpaired) electrons. The zero-order valence-corrected chi connectivity index (χ0v) is 68.7. The molecule has 8 aliphatic heterocycles. The normalized spacial score (nSPS) is 42.0. The van der Waals surface area contributed by atoms with Gasteiger partial charge in [-0.2, -0.15) is 0 Å². The monoisotopic (exact) mass is 1900 g/mol. The maximum Gasteiger partial charge on any atom is 0.364 e. The van der Waals surface area contributed by atoms with E-state index in [9.17, 15) is 201 Å². The molecule has 0 spiro atoms. The smallest absolute Gasteiger partial charge is 0.364 e. The summed E-state index contributed by atoms with van der Waals surface area (Å²) in [6.07, 6.45) is -93.9. The van der Waals surface area contributed by atoms with E-state index < -0.39 is 413 Å². The maximum atomic E-state index is 14.5. The van der Waals surface area contributed by atoms with Crippen LogP contribution in [0.3, 0.4) is 0 Å². The van der Waals surface area contributed by atoms with Crippen LogP contribution in [-0.2, 0) is 114 Å². The van der Waals surface area contributed by atoms with E-state index in [1.165, 1.54) is 0 Å². The number of aliphatic carboxylic acids is 4. The van der Waals surface area contributed by atoms with Crippen LogP contribution in [0.4, 0.5) is 0 Å². The van der Waals surface area contributed by atoms with Crippen LogP contribution in [0.1, 0.15) is 46.5 Å². The average Bonchev–Trinajstić information content (AvgIpc) is 0.742. The number of carboxylic acid groups (broad SMARTS) is 4. The van der Waals surface area contributed by atoms with Crippen molar-refractivity contribution in [3.05, 3.63) is 0 Å². The number of carbonyl (C=O) groups is 9. The summed E-state index contributed by atoms with van der Waals surface area (Å²) in [4.78, 5) is 119. The fraction of sp³-hybridized carbons (Fsp3) is 0.871. The van der Waals surface area contributed by atoms with Gasteiger partial charge in [0.05, 0.1) is 101 Å². The van der Waals surface area contributed by atoms with Crippen molar-refractivity contribution in [2.24, 2.45) is 0 Å². The minimum Gasteiger partial charge on any atom is -0.477 e. The molecule has 0 aromatic heterocycles. The van der Waals surface area contributed by atoms with E-state index in [1.54, 1.807) is 0 Å². The van der Waals surface area contributed by atoms with Gasteiger partial charge in [-0.1, -0.05) is 0 Å². The number of carbonyl (C=O) groups excluding carboxylic acids is 5. The molecule has 0 aromatic rings. The Morgan fingerprint density at radius 2 is 0.638 bits per heavy atom. The highest BCUT2D eigenvalue weighted by atomic mass is 16.8. The lowest BCUT2D eigenvalue weighted by atomic mass is 9.86. The summed E-state index contributed by atoms with van der Waals surface area (Å²) in [7, 11) is 0. The van der Waals surface area contributed by atoms with E-state index in [4.69, 9.17) is 71.1 Å². The lowest BCUT2D eigenvalue weighted by Gasteiger charge is -2.53. The molecule has 8 heterocycles. The second kappa shape index (κ2) is 45.9. The molecule has 8 aliphatic rings. The van der Waals surface area contributed by atoms with E-state index in [-0.39, 0.29) is 0 Å². The third-order valence-electron chi connectivity index (χ3n) is 22.8. The maximum absolute atomic E-state index is 14.5. The lowest BCUT2D eigenvalue weighted by molar-refractivity contribution is -0.405. The van der Waals surface area contributed by atoms with Gasteiger partial charge in [0.1, 0.15) is 184 Å². The molecule has 36 N–H and O–H groups in total. The first-order valence-corrected chi connectivity index (χ1v) is 40.0. The molecule has 0 aliphatic carbocycles. The van der Waals surface area contributed by atoms with E-state index >= 15 is 0 Å². The second-order valence-corrected chi connectivity index (χ2v) is 31.8. The highest BCUT2D eigenvalue weighted by molar-refractivity contribution is 5.80. The number of carboxylic acids is 4. The number of aliphatic hydroxyl groups is 27. The van der Waals surface area contributed by atoms with Crippen molar-refractivity contribution in [1.29, 1.82) is 0 Å². The molecule has 60 heteroatoms. The van der Waals surface area contributed by atoms with Crippen LogP contribution in [0.15, 0.2) is 0 Å². The highest BCUT2D eigenvalue weighted by Gasteiger charge is 2.67. The van der Waals surface area contributed by atoms with Crippen LogP contribution in [0.2, 0.25) is 0 Å². The van der Waals surface area contributed by atoms with Gasteiger partial charge in [0.15, 0.2) is 25.2 Å². The van der Waals surface area contributed by atoms with E-state index in [0.717, 1.165) is 20.8 Å². The van der Waals surface area contributed by atoms with Crippen molar-refractivity contribution < 1.29 is 273 Å². The third kappa shape index (κ3) is 23.6. The second-order valence-electron chi connectivity index (χ2n) is 31.8. The third-order valence-corrected chi connectivity index (χ3v) is 22.8. The van der Waals surface area contributed by atoms with Crippen molar-refractivity contribution in [1.82, 2.24) is 26.6 Å². The van der Waals surface area contributed by atoms with Crippen molar-refractivity contribution in [3.63, 3.8) is 0 Å². The van der Waals surface area contributed by atoms with Crippen molar-refractivity contribution >= 4 is 53.4 Å². The van der Waals surface area contributed by atoms with Gasteiger partial charge < -0.3 is 256 Å². The number of aliphatic hydroxyl groups excluding tert-OH is 27. The quantitative estimate of drug-likeness (QED) is 0.0270. The van der Waals surface area contributed by atoms with Crippen molar-refractivity contribution in [2.75, 3.05) is 66.1 Å². The minimum absolute atomic E-state index is 0.743. The number of rotatable bonds is 41. The summed E-state index contributed by atoms with van der Waals surface area (Å²) in [6.45, 7) is -12.0. The zero-order chi connectivity index (χ0) is 97.3. The van der Waals surface area contributed by atoms with Crippen LogP contribution >= 0.6 is 0 Å². The number of ether oxygens (including phenoxy) is 15. The molecule has 0 saturated carbocycles. The molecule has 44 atom stereocenters. The summed E-state index contributed by atoms with van der Waals surface area (Å²) in [5.41, 5.74) is 0. The summed E-state index contributed by atoms with van der Waals surface area (Å²) in [6, 6.07) is -10.8. The van der Waals surface area contributed by atoms with Gasteiger partial charge >= 0.3 is 23.9 Å². The Labute approximate surface area is 730 Å². The van der Waals surface area contributed by atoms with Crippen LogP contribution in [0.5, 0.6) is 0 Å². The molecular weight excluding hydrogens is 1790 g/mol. The molecule has 130 heavy (non-hydrogen) atoms. The Kier molecular flexibility index (Phi) is 38.5. The molecule has 0 aromatic carbocycles. The largest absolute Gasteiger partial charge is 0.477 e. The zero-order valence-electron chi connectivity index (χ0n) is 68.7. The number of amides is 5. The predicted octanol–water partition coefficient (Wildman–Crippen LogP) is -23.0. The lowest BCUT2D eigenvalue weighted by Crippen LogP contribution is -2.73. The standard InChI is InChI=1S/C70H113N5O55/c1-18(86)71-35-21(89)4-68(64(110)111,127-55(35)44(101)29(12-80)123-67(63(108)109)5-23(91)37(74-33(95)16-84)53(125-67)40(97)25(93)8-76)124-30(13-81)45(102)56-36(72-19(2)87)22(90)6-70(128-56,66(114)115)130-58-49(106)62(120-50-31(14-82)116-59(107)47(104)46(50)103)119-32(15-83)51(58)121-60-39(73-20(3)88)52(42(99)27(10-78)117-60)122-61-48(105)57(43(100)28(11-79)118-61)129-69(65(112)113)7-24(92)38(75-34(96)17-85)54(126-69)41(98)26(94)9-77/h21-32,35-62,76-85,89-94,97-107H,4-17H2,1-3H3,(H,71,86)(H,72,87)(H,73,88)(H,74,95)(H,75,96)(H,108,109)(H,110,111)(H,112,113)(H,114,115)/t21-,22-,23-,24-,25+,26+,27+,28+,29+,30+,31+,32+,35+,36+,37+,38+,39+,40+,41+,42-,43-,44+,45+,46+,47+,48+,49+,50+,51-,52+,53+,54+,55+,56+,57-,58+,59+,60-,61-,62-,67+,68+,69-,70-/m0/s1. The molecule has 60 nitrogen and oxygen atoms in total. The first kappa shape index (κ1) is 109. The molecular formula is C70H113N5O55. The first-order chi connectivity index (χ1) is 61.0. The topological polar surface area (TPSA) is 979 Å². The Bertz CT molecular complexity index is 3760. The summed E-state index contributed by atoms with van der Waals surface area (Å²) >= 11 is 0.